The molecule has 0 unspecified atom stereocenters. The van der Waals surface area contributed by atoms with Crippen LogP contribution in [0.5, 0.6) is 0 Å². The van der Waals surface area contributed by atoms with Crippen LogP contribution >= 0.6 is 11.3 Å². The third-order valence-corrected chi connectivity index (χ3v) is 2.96. The summed E-state index contributed by atoms with van der Waals surface area (Å²) >= 11 is 1.36. The first-order valence-corrected chi connectivity index (χ1v) is 5.44. The van der Waals surface area contributed by atoms with E-state index in [4.69, 9.17) is 4.42 Å². The fourth-order valence-electron chi connectivity index (χ4n) is 1.22. The van der Waals surface area contributed by atoms with Gasteiger partial charge in [-0.15, -0.1) is 0 Å². The summed E-state index contributed by atoms with van der Waals surface area (Å²) < 4.78 is 6.30. The maximum absolute atomic E-state index is 11.4. The minimum absolute atomic E-state index is 0.267. The van der Waals surface area contributed by atoms with Crippen LogP contribution in [0.4, 0.5) is 0 Å². The standard InChI is InChI=1S/C12H10O2S/c1-2-11-14-12(13)10(15-11)8-9-6-4-3-5-7-9/h2-8H,1H3/b10-8+,11-2+. The first kappa shape index (κ1) is 9.93. The van der Waals surface area contributed by atoms with Gasteiger partial charge in [-0.3, -0.25) is 0 Å². The first-order chi connectivity index (χ1) is 7.29. The molecular formula is C12H10O2S. The van der Waals surface area contributed by atoms with Gasteiger partial charge < -0.3 is 4.42 Å². The molecule has 15 heavy (non-hydrogen) atoms. The van der Waals surface area contributed by atoms with E-state index in [1.165, 1.54) is 11.3 Å². The second kappa shape index (κ2) is 4.28. The number of rotatable bonds is 1. The molecule has 0 fully saturated rings. The minimum Gasteiger partial charge on any atom is -0.412 e. The van der Waals surface area contributed by atoms with Gasteiger partial charge in [-0.05, 0) is 24.6 Å². The van der Waals surface area contributed by atoms with Gasteiger partial charge in [-0.1, -0.05) is 41.7 Å². The van der Waals surface area contributed by atoms with Gasteiger partial charge in [-0.25, -0.2) is 4.79 Å². The quantitative estimate of drug-likeness (QED) is 0.723. The molecule has 0 aliphatic carbocycles. The van der Waals surface area contributed by atoms with Gasteiger partial charge in [0.05, 0.1) is 0 Å². The molecule has 0 radical (unpaired) electrons. The van der Waals surface area contributed by atoms with Gasteiger partial charge in [0.2, 0.25) is 0 Å². The van der Waals surface area contributed by atoms with Gasteiger partial charge in [0.15, 0.2) is 4.73 Å². The molecule has 0 amide bonds. The molecule has 0 N–H and O–H groups in total. The Balaban J connectivity index is 2.60. The van der Waals surface area contributed by atoms with E-state index in [2.05, 4.69) is 0 Å². The Morgan fingerprint density at radius 2 is 2.00 bits per heavy atom. The number of hydrogen-bond donors (Lipinski definition) is 0. The molecule has 0 atom stereocenters. The van der Waals surface area contributed by atoms with Crippen molar-refractivity contribution in [2.45, 2.75) is 6.92 Å². The summed E-state index contributed by atoms with van der Waals surface area (Å²) in [6, 6.07) is 9.73. The highest BCUT2D eigenvalue weighted by Crippen LogP contribution is 1.97. The lowest BCUT2D eigenvalue weighted by Crippen LogP contribution is -2.15. The lowest BCUT2D eigenvalue weighted by molar-refractivity contribution is 0.501. The molecule has 2 aromatic rings. The third kappa shape index (κ3) is 2.25. The van der Waals surface area contributed by atoms with Crippen LogP contribution in [0.3, 0.4) is 0 Å². The topological polar surface area (TPSA) is 30.2 Å². The monoisotopic (exact) mass is 218 g/mol. The van der Waals surface area contributed by atoms with Crippen LogP contribution in [0.25, 0.3) is 12.2 Å². The Morgan fingerprint density at radius 1 is 1.27 bits per heavy atom. The molecule has 0 saturated carbocycles. The van der Waals surface area contributed by atoms with Crippen molar-refractivity contribution in [1.29, 1.82) is 0 Å². The predicted octanol–water partition coefficient (Wildman–Crippen LogP) is 1.33. The lowest BCUT2D eigenvalue weighted by Gasteiger charge is -1.87. The maximum atomic E-state index is 11.4. The van der Waals surface area contributed by atoms with E-state index < -0.39 is 0 Å². The van der Waals surface area contributed by atoms with E-state index in [9.17, 15) is 4.79 Å². The molecule has 0 aliphatic rings. The van der Waals surface area contributed by atoms with Gasteiger partial charge in [-0.2, -0.15) is 0 Å². The molecular weight excluding hydrogens is 208 g/mol. The van der Waals surface area contributed by atoms with E-state index in [1.807, 2.05) is 43.3 Å². The van der Waals surface area contributed by atoms with Crippen molar-refractivity contribution in [1.82, 2.24) is 0 Å². The normalized spacial score (nSPS) is 13.4. The highest BCUT2D eigenvalue weighted by molar-refractivity contribution is 7.07. The summed E-state index contributed by atoms with van der Waals surface area (Å²) in [5.41, 5.74) is 0.742. The van der Waals surface area contributed by atoms with Crippen LogP contribution < -0.4 is 14.9 Å². The van der Waals surface area contributed by atoms with Crippen molar-refractivity contribution >= 4 is 23.5 Å². The molecule has 0 aliphatic heterocycles. The smallest absolute Gasteiger partial charge is 0.354 e. The SMILES string of the molecule is C/C=c1\oc(=O)/c(=C\c2ccccc2)s1. The highest BCUT2D eigenvalue weighted by atomic mass is 32.1. The fraction of sp³-hybridized carbons (Fsp3) is 0.0833. The van der Waals surface area contributed by atoms with Crippen molar-refractivity contribution in [3.8, 4) is 0 Å². The van der Waals surface area contributed by atoms with Crippen LogP contribution in [0.2, 0.25) is 0 Å². The zero-order valence-electron chi connectivity index (χ0n) is 8.27. The summed E-state index contributed by atoms with van der Waals surface area (Å²) in [5.74, 6) is 0. The second-order valence-corrected chi connectivity index (χ2v) is 4.06. The molecule has 0 saturated heterocycles. The summed E-state index contributed by atoms with van der Waals surface area (Å²) in [5, 5.41) is 0. The molecule has 0 spiro atoms. The van der Waals surface area contributed by atoms with E-state index in [1.54, 1.807) is 6.08 Å². The van der Waals surface area contributed by atoms with Crippen molar-refractivity contribution in [3.05, 3.63) is 55.6 Å². The Labute approximate surface area is 90.8 Å². The molecule has 3 heteroatoms. The van der Waals surface area contributed by atoms with Crippen molar-refractivity contribution < 1.29 is 4.42 Å². The molecule has 2 nitrogen and oxygen atoms in total. The fourth-order valence-corrected chi connectivity index (χ4v) is 1.99. The summed E-state index contributed by atoms with van der Waals surface area (Å²) in [6.07, 6.45) is 3.62. The average Bonchev–Trinajstić information content (AvgIpc) is 2.61. The predicted molar refractivity (Wildman–Crippen MR) is 62.3 cm³/mol. The van der Waals surface area contributed by atoms with E-state index in [0.29, 0.717) is 9.26 Å². The first-order valence-electron chi connectivity index (χ1n) is 4.62. The minimum atomic E-state index is -0.267. The number of benzene rings is 1. The van der Waals surface area contributed by atoms with Crippen LogP contribution in [0, 0.1) is 0 Å². The zero-order valence-corrected chi connectivity index (χ0v) is 9.08. The molecule has 1 aromatic carbocycles. The van der Waals surface area contributed by atoms with E-state index in [-0.39, 0.29) is 5.63 Å². The van der Waals surface area contributed by atoms with Gasteiger partial charge in [0.25, 0.3) is 0 Å². The molecule has 2 rings (SSSR count). The van der Waals surface area contributed by atoms with Gasteiger partial charge in [0.1, 0.15) is 4.53 Å². The molecule has 1 heterocycles. The zero-order chi connectivity index (χ0) is 10.7. The lowest BCUT2D eigenvalue weighted by atomic mass is 10.2. The largest absolute Gasteiger partial charge is 0.412 e. The summed E-state index contributed by atoms with van der Waals surface area (Å²) in [4.78, 5) is 11.4. The number of hydrogen-bond acceptors (Lipinski definition) is 3. The Bertz CT molecular complexity index is 605. The van der Waals surface area contributed by atoms with E-state index in [0.717, 1.165) is 5.56 Å². The Kier molecular flexibility index (Phi) is 2.83. The van der Waals surface area contributed by atoms with Crippen LogP contribution in [-0.2, 0) is 0 Å². The van der Waals surface area contributed by atoms with Gasteiger partial charge in [0, 0.05) is 0 Å². The van der Waals surface area contributed by atoms with Crippen LogP contribution in [0.15, 0.2) is 39.5 Å². The Hall–Kier alpha value is -1.61. The van der Waals surface area contributed by atoms with E-state index >= 15 is 0 Å². The maximum Gasteiger partial charge on any atom is 0.354 e. The highest BCUT2D eigenvalue weighted by Gasteiger charge is 1.95. The molecule has 0 bridgehead atoms. The average molecular weight is 218 g/mol. The molecule has 1 aromatic heterocycles. The second-order valence-electron chi connectivity index (χ2n) is 3.02. The van der Waals surface area contributed by atoms with Crippen molar-refractivity contribution in [3.63, 3.8) is 0 Å². The third-order valence-electron chi connectivity index (χ3n) is 1.94. The van der Waals surface area contributed by atoms with Crippen LogP contribution in [0.1, 0.15) is 12.5 Å². The summed E-state index contributed by atoms with van der Waals surface area (Å²) in [7, 11) is 0. The van der Waals surface area contributed by atoms with Crippen molar-refractivity contribution in [2.75, 3.05) is 0 Å². The van der Waals surface area contributed by atoms with Gasteiger partial charge >= 0.3 is 5.63 Å². The van der Waals surface area contributed by atoms with Crippen LogP contribution in [-0.4, -0.2) is 0 Å². The van der Waals surface area contributed by atoms with Crippen molar-refractivity contribution in [2.24, 2.45) is 0 Å². The Morgan fingerprint density at radius 3 is 2.60 bits per heavy atom. The summed E-state index contributed by atoms with van der Waals surface area (Å²) in [6.45, 7) is 1.85. The molecule has 76 valence electrons.